The van der Waals surface area contributed by atoms with Crippen LogP contribution in [0, 0.1) is 11.8 Å². The van der Waals surface area contributed by atoms with E-state index in [2.05, 4.69) is 25.6 Å². The molecule has 2 fully saturated rings. The smallest absolute Gasteiger partial charge is 0.234 e. The van der Waals surface area contributed by atoms with E-state index in [1.165, 1.54) is 44.9 Å². The van der Waals surface area contributed by atoms with E-state index in [9.17, 15) is 9.59 Å². The highest BCUT2D eigenvalue weighted by Crippen LogP contribution is 2.24. The van der Waals surface area contributed by atoms with Crippen molar-refractivity contribution in [1.82, 2.24) is 15.0 Å². The summed E-state index contributed by atoms with van der Waals surface area (Å²) in [6.45, 7) is 0. The molecule has 2 aliphatic rings. The second kappa shape index (κ2) is 11.1. The lowest BCUT2D eigenvalue weighted by molar-refractivity contribution is -0.121. The maximum atomic E-state index is 12.6. The summed E-state index contributed by atoms with van der Waals surface area (Å²) in [5.74, 6) is 0.427. The lowest BCUT2D eigenvalue weighted by atomic mass is 9.90. The van der Waals surface area contributed by atoms with E-state index in [0.717, 1.165) is 51.4 Å². The van der Waals surface area contributed by atoms with E-state index in [4.69, 9.17) is 0 Å². The quantitative estimate of drug-likeness (QED) is 0.794. The van der Waals surface area contributed by atoms with Gasteiger partial charge in [-0.05, 0) is 25.7 Å². The van der Waals surface area contributed by atoms with E-state index >= 15 is 0 Å². The van der Waals surface area contributed by atoms with Gasteiger partial charge in [-0.3, -0.25) is 20.2 Å². The molecule has 0 saturated heterocycles. The van der Waals surface area contributed by atoms with E-state index in [-0.39, 0.29) is 35.5 Å². The van der Waals surface area contributed by atoms with Gasteiger partial charge in [0, 0.05) is 11.8 Å². The molecule has 2 N–H and O–H groups in total. The fraction of sp³-hybridized carbons (Fsp3) is 0.762. The standard InChI is InChI=1S/C21H33N5O2/c27-18(16-11-7-3-1-4-8-12-16)24-20-22-15-23-21(26-20)25-19(28)17-13-9-5-2-6-10-14-17/h15-17H,1-14H2,(H2,22,23,24,25,26,27,28). The number of carbonyl (C=O) groups excluding carboxylic acids is 2. The Balaban J connectivity index is 1.55. The third-order valence-electron chi connectivity index (χ3n) is 5.99. The molecule has 0 radical (unpaired) electrons. The molecular formula is C21H33N5O2. The zero-order chi connectivity index (χ0) is 19.6. The van der Waals surface area contributed by atoms with Gasteiger partial charge in [0.25, 0.3) is 0 Å². The van der Waals surface area contributed by atoms with E-state index in [1.54, 1.807) is 0 Å². The number of anilines is 2. The lowest BCUT2D eigenvalue weighted by Crippen LogP contribution is -2.26. The van der Waals surface area contributed by atoms with Crippen LogP contribution in [0.3, 0.4) is 0 Å². The van der Waals surface area contributed by atoms with Gasteiger partial charge in [-0.15, -0.1) is 0 Å². The molecule has 7 nitrogen and oxygen atoms in total. The topological polar surface area (TPSA) is 96.9 Å². The van der Waals surface area contributed by atoms with Crippen molar-refractivity contribution in [1.29, 1.82) is 0 Å². The summed E-state index contributed by atoms with van der Waals surface area (Å²) in [5, 5.41) is 5.64. The van der Waals surface area contributed by atoms with Crippen LogP contribution >= 0.6 is 0 Å². The van der Waals surface area contributed by atoms with Crippen LogP contribution in [0.25, 0.3) is 0 Å². The van der Waals surface area contributed by atoms with Crippen LogP contribution in [0.1, 0.15) is 89.9 Å². The number of nitrogens with one attached hydrogen (secondary N) is 2. The first-order valence-corrected chi connectivity index (χ1v) is 11.0. The molecule has 0 aromatic carbocycles. The van der Waals surface area contributed by atoms with Gasteiger partial charge in [0.2, 0.25) is 23.7 Å². The van der Waals surface area contributed by atoms with Gasteiger partial charge in [0.1, 0.15) is 6.33 Å². The Bertz CT molecular complexity index is 584. The van der Waals surface area contributed by atoms with Gasteiger partial charge >= 0.3 is 0 Å². The van der Waals surface area contributed by atoms with Crippen molar-refractivity contribution in [3.63, 3.8) is 0 Å². The number of rotatable bonds is 4. The molecule has 1 aromatic rings. The highest BCUT2D eigenvalue weighted by molar-refractivity contribution is 5.92. The Hall–Kier alpha value is -2.05. The minimum atomic E-state index is -0.0228. The maximum absolute atomic E-state index is 12.6. The predicted octanol–water partition coefficient (Wildman–Crippen LogP) is 4.47. The number of aromatic nitrogens is 3. The Labute approximate surface area is 167 Å². The number of hydrogen-bond donors (Lipinski definition) is 2. The second-order valence-corrected chi connectivity index (χ2v) is 8.20. The molecule has 2 amide bonds. The number of hydrogen-bond acceptors (Lipinski definition) is 5. The van der Waals surface area contributed by atoms with Gasteiger partial charge in [-0.1, -0.05) is 64.2 Å². The zero-order valence-corrected chi connectivity index (χ0v) is 16.8. The van der Waals surface area contributed by atoms with Crippen LogP contribution in [0.15, 0.2) is 6.33 Å². The Kier molecular flexibility index (Phi) is 8.18. The second-order valence-electron chi connectivity index (χ2n) is 8.20. The molecule has 7 heteroatoms. The fourth-order valence-electron chi connectivity index (χ4n) is 4.28. The van der Waals surface area contributed by atoms with Crippen LogP contribution in [0.2, 0.25) is 0 Å². The van der Waals surface area contributed by atoms with Gasteiger partial charge in [0.05, 0.1) is 0 Å². The zero-order valence-electron chi connectivity index (χ0n) is 16.8. The van der Waals surface area contributed by atoms with Crippen molar-refractivity contribution in [3.05, 3.63) is 6.33 Å². The van der Waals surface area contributed by atoms with Gasteiger partial charge in [0.15, 0.2) is 0 Å². The molecule has 0 bridgehead atoms. The monoisotopic (exact) mass is 387 g/mol. The van der Waals surface area contributed by atoms with Crippen LogP contribution in [-0.4, -0.2) is 26.8 Å². The molecule has 0 unspecified atom stereocenters. The first-order chi connectivity index (χ1) is 13.7. The minimum absolute atomic E-state index is 0.0185. The fourth-order valence-corrected chi connectivity index (χ4v) is 4.28. The predicted molar refractivity (Wildman–Crippen MR) is 109 cm³/mol. The van der Waals surface area contributed by atoms with Crippen molar-refractivity contribution >= 4 is 23.7 Å². The molecule has 3 rings (SSSR count). The summed E-state index contributed by atoms with van der Waals surface area (Å²) in [7, 11) is 0. The van der Waals surface area contributed by atoms with Gasteiger partial charge in [-0.2, -0.15) is 4.98 Å². The molecule has 0 spiro atoms. The molecule has 28 heavy (non-hydrogen) atoms. The normalized spacial score (nSPS) is 20.3. The van der Waals surface area contributed by atoms with Crippen molar-refractivity contribution in [2.24, 2.45) is 11.8 Å². The average Bonchev–Trinajstić information content (AvgIpc) is 2.61. The summed E-state index contributed by atoms with van der Waals surface area (Å²) in [6.07, 6.45) is 16.7. The minimum Gasteiger partial charge on any atom is -0.294 e. The SMILES string of the molecule is O=C(Nc1ncnc(NC(=O)C2CCCCCCC2)n1)C1CCCCCCC1. The summed E-state index contributed by atoms with van der Waals surface area (Å²) in [5.41, 5.74) is 0. The summed E-state index contributed by atoms with van der Waals surface area (Å²) < 4.78 is 0. The van der Waals surface area contributed by atoms with Crippen LogP contribution in [-0.2, 0) is 9.59 Å². The molecule has 1 heterocycles. The molecule has 154 valence electrons. The molecule has 2 aliphatic carbocycles. The van der Waals surface area contributed by atoms with Crippen molar-refractivity contribution in [2.75, 3.05) is 10.6 Å². The summed E-state index contributed by atoms with van der Waals surface area (Å²) >= 11 is 0. The van der Waals surface area contributed by atoms with E-state index in [1.807, 2.05) is 0 Å². The van der Waals surface area contributed by atoms with Gasteiger partial charge < -0.3 is 0 Å². The summed E-state index contributed by atoms with van der Waals surface area (Å²) in [4.78, 5) is 37.5. The van der Waals surface area contributed by atoms with Crippen LogP contribution < -0.4 is 10.6 Å². The van der Waals surface area contributed by atoms with E-state index < -0.39 is 0 Å². The average molecular weight is 388 g/mol. The molecule has 0 aliphatic heterocycles. The molecule has 1 aromatic heterocycles. The lowest BCUT2D eigenvalue weighted by Gasteiger charge is -2.19. The number of nitrogens with zero attached hydrogens (tertiary/aromatic N) is 3. The van der Waals surface area contributed by atoms with Crippen molar-refractivity contribution in [2.45, 2.75) is 89.9 Å². The Morgan fingerprint density at radius 3 is 1.39 bits per heavy atom. The van der Waals surface area contributed by atoms with Crippen molar-refractivity contribution < 1.29 is 9.59 Å². The highest BCUT2D eigenvalue weighted by Gasteiger charge is 2.22. The number of amides is 2. The van der Waals surface area contributed by atoms with Gasteiger partial charge in [-0.25, -0.2) is 9.97 Å². The molecule has 0 atom stereocenters. The van der Waals surface area contributed by atoms with Crippen molar-refractivity contribution in [3.8, 4) is 0 Å². The maximum Gasteiger partial charge on any atom is 0.234 e. The molecular weight excluding hydrogens is 354 g/mol. The number of carbonyl (C=O) groups is 2. The largest absolute Gasteiger partial charge is 0.294 e. The Morgan fingerprint density at radius 2 is 1.00 bits per heavy atom. The third kappa shape index (κ3) is 6.53. The Morgan fingerprint density at radius 1 is 0.643 bits per heavy atom. The van der Waals surface area contributed by atoms with Crippen LogP contribution in [0.5, 0.6) is 0 Å². The first-order valence-electron chi connectivity index (χ1n) is 11.0. The van der Waals surface area contributed by atoms with Crippen LogP contribution in [0.4, 0.5) is 11.9 Å². The highest BCUT2D eigenvalue weighted by atomic mass is 16.2. The molecule has 2 saturated carbocycles. The summed E-state index contributed by atoms with van der Waals surface area (Å²) in [6, 6.07) is 0. The first kappa shape index (κ1) is 20.7. The third-order valence-corrected chi connectivity index (χ3v) is 5.99. The van der Waals surface area contributed by atoms with E-state index in [0.29, 0.717) is 0 Å².